The van der Waals surface area contributed by atoms with Crippen LogP contribution in [0.1, 0.15) is 0 Å². The molecular weight excluding hydrogens is 548 g/mol. The molecule has 45 heavy (non-hydrogen) atoms. The topological polar surface area (TPSA) is 17.4 Å². The Bertz CT molecular complexity index is 2280. The van der Waals surface area contributed by atoms with Crippen LogP contribution < -0.4 is 9.64 Å². The first-order chi connectivity index (χ1) is 22.3. The van der Waals surface area contributed by atoms with Crippen LogP contribution in [0.15, 0.2) is 170 Å². The first-order valence-corrected chi connectivity index (χ1v) is 15.3. The Morgan fingerprint density at radius 2 is 0.956 bits per heavy atom. The van der Waals surface area contributed by atoms with Crippen LogP contribution in [0.25, 0.3) is 49.7 Å². The highest BCUT2D eigenvalue weighted by Gasteiger charge is 2.28. The van der Waals surface area contributed by atoms with Crippen molar-refractivity contribution in [1.82, 2.24) is 4.57 Å². The predicted octanol–water partition coefficient (Wildman–Crippen LogP) is 11.7. The molecule has 0 saturated carbocycles. The summed E-state index contributed by atoms with van der Waals surface area (Å²) in [5.41, 5.74) is 11.3. The smallest absolute Gasteiger partial charge is 0.152 e. The zero-order chi connectivity index (χ0) is 29.7. The van der Waals surface area contributed by atoms with E-state index in [1.165, 1.54) is 27.6 Å². The number of hydrogen-bond donors (Lipinski definition) is 0. The van der Waals surface area contributed by atoms with E-state index in [1.54, 1.807) is 0 Å². The zero-order valence-corrected chi connectivity index (χ0v) is 24.5. The maximum absolute atomic E-state index is 6.60. The molecule has 8 aromatic rings. The molecule has 1 aliphatic heterocycles. The molecule has 1 aliphatic rings. The third-order valence-electron chi connectivity index (χ3n) is 8.72. The summed E-state index contributed by atoms with van der Waals surface area (Å²) in [6.07, 6.45) is 0. The Morgan fingerprint density at radius 1 is 0.356 bits per heavy atom. The lowest BCUT2D eigenvalue weighted by atomic mass is 9.98. The molecule has 0 aliphatic carbocycles. The first-order valence-electron chi connectivity index (χ1n) is 15.3. The van der Waals surface area contributed by atoms with Gasteiger partial charge in [0, 0.05) is 22.1 Å². The molecule has 0 N–H and O–H groups in total. The molecule has 3 nitrogen and oxygen atoms in total. The molecular formula is C42H28N2O. The molecule has 0 radical (unpaired) electrons. The molecule has 1 aromatic heterocycles. The second-order valence-corrected chi connectivity index (χ2v) is 11.4. The number of fused-ring (bicyclic) bond motifs is 5. The minimum absolute atomic E-state index is 0.843. The van der Waals surface area contributed by atoms with E-state index in [4.69, 9.17) is 4.74 Å². The lowest BCUT2D eigenvalue weighted by Gasteiger charge is -2.33. The van der Waals surface area contributed by atoms with E-state index >= 15 is 0 Å². The van der Waals surface area contributed by atoms with E-state index in [9.17, 15) is 0 Å². The highest BCUT2D eigenvalue weighted by atomic mass is 16.5. The quantitative estimate of drug-likeness (QED) is 0.207. The van der Waals surface area contributed by atoms with Crippen molar-refractivity contribution in [3.63, 3.8) is 0 Å². The largest absolute Gasteiger partial charge is 0.453 e. The van der Waals surface area contributed by atoms with E-state index < -0.39 is 0 Å². The normalized spacial score (nSPS) is 12.1. The Labute approximate surface area is 261 Å². The Hall–Kier alpha value is -6.06. The van der Waals surface area contributed by atoms with E-state index in [2.05, 4.69) is 167 Å². The van der Waals surface area contributed by atoms with Gasteiger partial charge in [-0.1, -0.05) is 109 Å². The molecule has 3 heteroatoms. The van der Waals surface area contributed by atoms with Crippen LogP contribution in [0.2, 0.25) is 0 Å². The van der Waals surface area contributed by atoms with Crippen LogP contribution >= 0.6 is 0 Å². The molecule has 9 rings (SSSR count). The summed E-state index contributed by atoms with van der Waals surface area (Å²) in [4.78, 5) is 2.31. The van der Waals surface area contributed by atoms with Gasteiger partial charge >= 0.3 is 0 Å². The average molecular weight is 577 g/mol. The molecule has 7 aromatic carbocycles. The zero-order valence-electron chi connectivity index (χ0n) is 24.5. The fourth-order valence-corrected chi connectivity index (χ4v) is 6.69. The third-order valence-corrected chi connectivity index (χ3v) is 8.72. The molecule has 0 bridgehead atoms. The van der Waals surface area contributed by atoms with Crippen LogP contribution in [0.3, 0.4) is 0 Å². The van der Waals surface area contributed by atoms with Crippen LogP contribution in [-0.2, 0) is 0 Å². The summed E-state index contributed by atoms with van der Waals surface area (Å²) in [6, 6.07) is 60.2. The van der Waals surface area contributed by atoms with Crippen molar-refractivity contribution >= 4 is 38.9 Å². The minimum atomic E-state index is 0.843. The number of benzene rings is 7. The molecule has 0 atom stereocenters. The van der Waals surface area contributed by atoms with Crippen molar-refractivity contribution < 1.29 is 4.74 Å². The minimum Gasteiger partial charge on any atom is -0.453 e. The number of nitrogens with zero attached hydrogens (tertiary/aromatic N) is 2. The van der Waals surface area contributed by atoms with Crippen molar-refractivity contribution in [2.24, 2.45) is 0 Å². The van der Waals surface area contributed by atoms with Crippen molar-refractivity contribution in [1.29, 1.82) is 0 Å². The molecule has 0 saturated heterocycles. The average Bonchev–Trinajstić information content (AvgIpc) is 3.43. The molecule has 0 spiro atoms. The molecule has 0 unspecified atom stereocenters. The van der Waals surface area contributed by atoms with Crippen molar-refractivity contribution in [3.8, 4) is 39.4 Å². The summed E-state index contributed by atoms with van der Waals surface area (Å²) >= 11 is 0. The summed E-state index contributed by atoms with van der Waals surface area (Å²) in [5.74, 6) is 1.69. The van der Waals surface area contributed by atoms with E-state index in [1.807, 2.05) is 12.1 Å². The molecule has 0 amide bonds. The van der Waals surface area contributed by atoms with Gasteiger partial charge in [-0.3, -0.25) is 0 Å². The van der Waals surface area contributed by atoms with E-state index in [-0.39, 0.29) is 0 Å². The molecule has 0 fully saturated rings. The Morgan fingerprint density at radius 3 is 1.67 bits per heavy atom. The van der Waals surface area contributed by atoms with E-state index in [0.29, 0.717) is 0 Å². The van der Waals surface area contributed by atoms with Gasteiger partial charge in [0.25, 0.3) is 0 Å². The van der Waals surface area contributed by atoms with Gasteiger partial charge in [-0.05, 0) is 82.9 Å². The second kappa shape index (κ2) is 10.3. The first kappa shape index (κ1) is 25.4. The lowest BCUT2D eigenvalue weighted by Crippen LogP contribution is -2.15. The van der Waals surface area contributed by atoms with Gasteiger partial charge in [-0.25, -0.2) is 0 Å². The van der Waals surface area contributed by atoms with Gasteiger partial charge < -0.3 is 14.2 Å². The van der Waals surface area contributed by atoms with Gasteiger partial charge in [0.2, 0.25) is 0 Å². The standard InChI is InChI=1S/C42H28N2O/c1-4-14-29(15-5-1)31-24-32(30-16-6-2-7-17-30)26-34(25-31)44-37-21-11-10-20-35(37)36-27-42-40(28-39(36)44)43(33-18-8-3-9-19-33)38-22-12-13-23-41(38)45-42/h1-28H. The predicted molar refractivity (Wildman–Crippen MR) is 186 cm³/mol. The number of anilines is 3. The van der Waals surface area contributed by atoms with Crippen LogP contribution in [0, 0.1) is 0 Å². The molecule has 2 heterocycles. The van der Waals surface area contributed by atoms with Gasteiger partial charge in [0.1, 0.15) is 0 Å². The Balaban J connectivity index is 1.35. The third kappa shape index (κ3) is 4.21. The monoisotopic (exact) mass is 576 g/mol. The lowest BCUT2D eigenvalue weighted by molar-refractivity contribution is 0.478. The molecule has 212 valence electrons. The van der Waals surface area contributed by atoms with Gasteiger partial charge in [0.15, 0.2) is 11.5 Å². The summed E-state index contributed by atoms with van der Waals surface area (Å²) in [7, 11) is 0. The van der Waals surface area contributed by atoms with Crippen LogP contribution in [0.5, 0.6) is 11.5 Å². The van der Waals surface area contributed by atoms with Crippen molar-refractivity contribution in [2.45, 2.75) is 0 Å². The summed E-state index contributed by atoms with van der Waals surface area (Å²) in [5, 5.41) is 2.35. The Kier molecular flexibility index (Phi) is 5.82. The highest BCUT2D eigenvalue weighted by molar-refractivity contribution is 6.12. The number of rotatable bonds is 4. The fourth-order valence-electron chi connectivity index (χ4n) is 6.69. The number of para-hydroxylation sites is 4. The van der Waals surface area contributed by atoms with Crippen molar-refractivity contribution in [3.05, 3.63) is 170 Å². The van der Waals surface area contributed by atoms with Gasteiger partial charge in [0.05, 0.1) is 22.4 Å². The fraction of sp³-hybridized carbons (Fsp3) is 0. The number of aromatic nitrogens is 1. The van der Waals surface area contributed by atoms with E-state index in [0.717, 1.165) is 50.7 Å². The van der Waals surface area contributed by atoms with Gasteiger partial charge in [-0.15, -0.1) is 0 Å². The summed E-state index contributed by atoms with van der Waals surface area (Å²) < 4.78 is 9.01. The van der Waals surface area contributed by atoms with Crippen LogP contribution in [0.4, 0.5) is 17.1 Å². The highest BCUT2D eigenvalue weighted by Crippen LogP contribution is 2.52. The number of hydrogen-bond acceptors (Lipinski definition) is 2. The maximum Gasteiger partial charge on any atom is 0.152 e. The number of ether oxygens (including phenoxy) is 1. The second-order valence-electron chi connectivity index (χ2n) is 11.4. The maximum atomic E-state index is 6.60. The summed E-state index contributed by atoms with van der Waals surface area (Å²) in [6.45, 7) is 0. The van der Waals surface area contributed by atoms with Crippen LogP contribution in [-0.4, -0.2) is 4.57 Å². The van der Waals surface area contributed by atoms with Crippen molar-refractivity contribution in [2.75, 3.05) is 4.90 Å². The van der Waals surface area contributed by atoms with Gasteiger partial charge in [-0.2, -0.15) is 0 Å². The SMILES string of the molecule is c1ccc(-c2cc(-c3ccccc3)cc(-n3c4ccccc4c4cc5c(cc43)N(c3ccccc3)c3ccccc3O5)c2)cc1.